The van der Waals surface area contributed by atoms with Crippen molar-refractivity contribution in [3.05, 3.63) is 30.7 Å². The van der Waals surface area contributed by atoms with Gasteiger partial charge in [-0.3, -0.25) is 0 Å². The zero-order valence-electron chi connectivity index (χ0n) is 40.0. The minimum absolute atomic E-state index is 1.04. The van der Waals surface area contributed by atoms with E-state index in [-0.39, 0.29) is 0 Å². The summed E-state index contributed by atoms with van der Waals surface area (Å²) in [4.78, 5) is 3.02. The number of thioether (sulfide) groups is 2. The zero-order valence-corrected chi connectivity index (χ0v) is 41.6. The molecule has 0 N–H and O–H groups in total. The van der Waals surface area contributed by atoms with E-state index in [1.165, 1.54) is 309 Å². The predicted octanol–water partition coefficient (Wildman–Crippen LogP) is 21.5. The average molecular weight is 843 g/mol. The molecule has 1 rings (SSSR count). The van der Waals surface area contributed by atoms with Crippen LogP contribution in [0.4, 0.5) is 0 Å². The van der Waals surface area contributed by atoms with Crippen molar-refractivity contribution in [2.45, 2.75) is 313 Å². The van der Waals surface area contributed by atoms with Crippen LogP contribution in [0.15, 0.2) is 28.0 Å². The Balaban J connectivity index is 1.96. The Kier molecular flexibility index (Phi) is 46.3. The first-order valence-electron chi connectivity index (χ1n) is 27.0. The second-order valence-corrected chi connectivity index (χ2v) is 20.9. The summed E-state index contributed by atoms with van der Waals surface area (Å²) >= 11 is 4.22. The van der Waals surface area contributed by atoms with Crippen LogP contribution in [0.3, 0.4) is 0 Å². The van der Waals surface area contributed by atoms with Gasteiger partial charge in [0.15, 0.2) is 0 Å². The molecule has 0 aliphatic heterocycles. The summed E-state index contributed by atoms with van der Waals surface area (Å²) in [6.07, 6.45) is 64.6. The molecule has 0 bridgehead atoms. The third-order valence-electron chi connectivity index (χ3n) is 12.7. The second-order valence-electron chi connectivity index (χ2n) is 18.6. The van der Waals surface area contributed by atoms with E-state index in [9.17, 15) is 0 Å². The van der Waals surface area contributed by atoms with Crippen LogP contribution in [0.5, 0.6) is 0 Å². The zero-order chi connectivity index (χ0) is 41.5. The van der Waals surface area contributed by atoms with E-state index in [1.807, 2.05) is 0 Å². The Morgan fingerprint density at radius 3 is 0.741 bits per heavy atom. The molecule has 58 heavy (non-hydrogen) atoms. The highest BCUT2D eigenvalue weighted by molar-refractivity contribution is 8.00. The minimum Gasteiger partial charge on any atom is -0.126 e. The van der Waals surface area contributed by atoms with Gasteiger partial charge in [0.1, 0.15) is 0 Å². The molecule has 0 fully saturated rings. The molecule has 0 heterocycles. The van der Waals surface area contributed by atoms with Gasteiger partial charge in [-0.05, 0) is 61.0 Å². The van der Waals surface area contributed by atoms with Gasteiger partial charge in [-0.15, -0.1) is 23.5 Å². The van der Waals surface area contributed by atoms with Crippen molar-refractivity contribution in [2.75, 3.05) is 11.5 Å². The van der Waals surface area contributed by atoms with Gasteiger partial charge in [0.2, 0.25) is 0 Å². The van der Waals surface area contributed by atoms with E-state index in [0.717, 1.165) is 6.42 Å². The molecule has 1 radical (unpaired) electrons. The molecule has 1 aromatic rings. The van der Waals surface area contributed by atoms with Gasteiger partial charge in [0, 0.05) is 9.79 Å². The van der Waals surface area contributed by atoms with E-state index >= 15 is 0 Å². The third-order valence-corrected chi connectivity index (χ3v) is 14.8. The smallest absolute Gasteiger partial charge is 0.00858 e. The van der Waals surface area contributed by atoms with E-state index in [4.69, 9.17) is 0 Å². The highest BCUT2D eigenvalue weighted by Gasteiger charge is 2.05. The summed E-state index contributed by atoms with van der Waals surface area (Å²) in [6, 6.07) is 7.47. The van der Waals surface area contributed by atoms with Crippen LogP contribution in [0, 0.1) is 6.92 Å². The summed E-state index contributed by atoms with van der Waals surface area (Å²) in [5, 5.41) is 0. The molecule has 0 nitrogen and oxygen atoms in total. The summed E-state index contributed by atoms with van der Waals surface area (Å²) in [7, 11) is 0. The third kappa shape index (κ3) is 41.3. The molecule has 0 aromatic heterocycles. The summed E-state index contributed by atoms with van der Waals surface area (Å²) in [6.45, 7) is 8.73. The van der Waals surface area contributed by atoms with Gasteiger partial charge >= 0.3 is 0 Å². The van der Waals surface area contributed by atoms with Crippen LogP contribution in [0.2, 0.25) is 0 Å². The predicted molar refractivity (Wildman–Crippen MR) is 271 cm³/mol. The number of hydrogen-bond donors (Lipinski definition) is 0. The molecule has 0 atom stereocenters. The normalized spacial score (nSPS) is 11.6. The average Bonchev–Trinajstić information content (AvgIpc) is 3.23. The maximum atomic E-state index is 4.11. The molecule has 0 amide bonds. The van der Waals surface area contributed by atoms with Crippen LogP contribution in [-0.4, -0.2) is 11.5 Å². The molecule has 0 aliphatic rings. The Morgan fingerprint density at radius 2 is 0.517 bits per heavy atom. The molecule has 2 heteroatoms. The molecule has 0 spiro atoms. The van der Waals surface area contributed by atoms with Crippen molar-refractivity contribution < 1.29 is 0 Å². The van der Waals surface area contributed by atoms with Crippen molar-refractivity contribution in [1.82, 2.24) is 0 Å². The topological polar surface area (TPSA) is 0 Å². The SMILES string of the molecule is [CH2]CCCc1cc(SCCCCCCCCCCCCCCCCCCCCCCC)cc(SCCCCCCCCCCCCCCCCCCCCCCC)c1. The van der Waals surface area contributed by atoms with Gasteiger partial charge in [-0.2, -0.15) is 0 Å². The first kappa shape index (κ1) is 55.9. The summed E-state index contributed by atoms with van der Waals surface area (Å²) in [5.74, 6) is 2.56. The molecular weight excluding hydrogens is 737 g/mol. The largest absolute Gasteiger partial charge is 0.126 e. The molecular formula is C56H105S2. The lowest BCUT2D eigenvalue weighted by atomic mass is 10.0. The van der Waals surface area contributed by atoms with Gasteiger partial charge < -0.3 is 0 Å². The fraction of sp³-hybridized carbons (Fsp3) is 0.875. The number of hydrogen-bond acceptors (Lipinski definition) is 2. The second kappa shape index (κ2) is 48.0. The van der Waals surface area contributed by atoms with Crippen molar-refractivity contribution in [3.8, 4) is 0 Å². The van der Waals surface area contributed by atoms with E-state index < -0.39 is 0 Å². The van der Waals surface area contributed by atoms with Gasteiger partial charge in [-0.1, -0.05) is 284 Å². The number of rotatable bonds is 49. The van der Waals surface area contributed by atoms with Crippen molar-refractivity contribution in [2.24, 2.45) is 0 Å². The monoisotopic (exact) mass is 842 g/mol. The van der Waals surface area contributed by atoms with Crippen LogP contribution < -0.4 is 0 Å². The molecule has 0 saturated carbocycles. The van der Waals surface area contributed by atoms with Crippen LogP contribution >= 0.6 is 23.5 Å². The molecule has 0 aliphatic carbocycles. The van der Waals surface area contributed by atoms with Crippen molar-refractivity contribution in [3.63, 3.8) is 0 Å². The molecule has 0 saturated heterocycles. The van der Waals surface area contributed by atoms with Crippen LogP contribution in [0.1, 0.15) is 302 Å². The number of benzene rings is 1. The first-order chi connectivity index (χ1) is 28.8. The van der Waals surface area contributed by atoms with Gasteiger partial charge in [0.05, 0.1) is 0 Å². The Labute approximate surface area is 376 Å². The Hall–Kier alpha value is -0.0800. The molecule has 341 valence electrons. The Morgan fingerprint density at radius 1 is 0.293 bits per heavy atom. The van der Waals surface area contributed by atoms with Crippen molar-refractivity contribution >= 4 is 23.5 Å². The first-order valence-corrected chi connectivity index (χ1v) is 29.0. The lowest BCUT2D eigenvalue weighted by molar-refractivity contribution is 0.521. The van der Waals surface area contributed by atoms with Gasteiger partial charge in [-0.25, -0.2) is 0 Å². The fourth-order valence-corrected chi connectivity index (χ4v) is 10.9. The maximum absolute atomic E-state index is 4.11. The number of aryl methyl sites for hydroxylation is 1. The molecule has 0 unspecified atom stereocenters. The standard InChI is InChI=1S/C56H105S2/c1-4-7-10-12-14-16-18-20-22-24-26-28-30-32-34-36-38-40-42-44-46-49-57-55-51-54(48-9-6-3)52-56(53-55)58-50-47-45-43-41-39-37-35-33-31-29-27-25-23-21-19-17-15-13-11-8-5-2/h51-53H,3-50H2,1-2H3. The molecule has 1 aromatic carbocycles. The highest BCUT2D eigenvalue weighted by atomic mass is 32.2. The highest BCUT2D eigenvalue weighted by Crippen LogP contribution is 2.30. The van der Waals surface area contributed by atoms with E-state index in [1.54, 1.807) is 0 Å². The van der Waals surface area contributed by atoms with E-state index in [0.29, 0.717) is 0 Å². The minimum atomic E-state index is 1.04. The lowest BCUT2D eigenvalue weighted by Crippen LogP contribution is -1.90. The summed E-state index contributed by atoms with van der Waals surface area (Å²) in [5.41, 5.74) is 1.54. The van der Waals surface area contributed by atoms with Crippen LogP contribution in [0.25, 0.3) is 0 Å². The van der Waals surface area contributed by atoms with Crippen LogP contribution in [-0.2, 0) is 6.42 Å². The Bertz CT molecular complexity index is 844. The summed E-state index contributed by atoms with van der Waals surface area (Å²) < 4.78 is 0. The van der Waals surface area contributed by atoms with Crippen molar-refractivity contribution in [1.29, 1.82) is 0 Å². The maximum Gasteiger partial charge on any atom is 0.00858 e. The fourth-order valence-electron chi connectivity index (χ4n) is 8.72. The van der Waals surface area contributed by atoms with Gasteiger partial charge in [0.25, 0.3) is 0 Å². The number of unbranched alkanes of at least 4 members (excludes halogenated alkanes) is 41. The van der Waals surface area contributed by atoms with E-state index in [2.05, 4.69) is 62.5 Å². The quantitative estimate of drug-likeness (QED) is 0.0473. The lowest BCUT2D eigenvalue weighted by Gasteiger charge is -2.10.